The Bertz CT molecular complexity index is 470. The Morgan fingerprint density at radius 1 is 0.957 bits per heavy atom. The van der Waals surface area contributed by atoms with Gasteiger partial charge in [0.1, 0.15) is 0 Å². The summed E-state index contributed by atoms with van der Waals surface area (Å²) in [6, 6.07) is 0. The summed E-state index contributed by atoms with van der Waals surface area (Å²) in [6.45, 7) is 3.51. The van der Waals surface area contributed by atoms with Gasteiger partial charge in [-0.3, -0.25) is 14.4 Å². The summed E-state index contributed by atoms with van der Waals surface area (Å²) in [5.41, 5.74) is 0. The molecule has 0 aromatic carbocycles. The molecule has 130 valence electrons. The van der Waals surface area contributed by atoms with Crippen molar-refractivity contribution in [1.29, 1.82) is 0 Å². The lowest BCUT2D eigenvalue weighted by Gasteiger charge is -2.36. The van der Waals surface area contributed by atoms with Crippen molar-refractivity contribution < 1.29 is 29.7 Å². The second-order valence-corrected chi connectivity index (χ2v) is 6.33. The van der Waals surface area contributed by atoms with Gasteiger partial charge >= 0.3 is 17.9 Å². The van der Waals surface area contributed by atoms with Crippen LogP contribution in [0, 0.1) is 29.6 Å². The topological polar surface area (TPSA) is 112 Å². The number of carbonyl (C=O) groups is 3. The van der Waals surface area contributed by atoms with Crippen LogP contribution >= 0.6 is 0 Å². The van der Waals surface area contributed by atoms with Crippen molar-refractivity contribution >= 4 is 17.9 Å². The van der Waals surface area contributed by atoms with Crippen LogP contribution in [0.25, 0.3) is 0 Å². The van der Waals surface area contributed by atoms with E-state index in [1.807, 2.05) is 0 Å². The summed E-state index contributed by atoms with van der Waals surface area (Å²) >= 11 is 0. The average molecular weight is 326 g/mol. The summed E-state index contributed by atoms with van der Waals surface area (Å²) in [5, 5.41) is 28.2. The molecule has 0 fully saturated rings. The minimum atomic E-state index is -1.24. The van der Waals surface area contributed by atoms with Crippen molar-refractivity contribution in [3.05, 3.63) is 12.2 Å². The van der Waals surface area contributed by atoms with E-state index in [1.165, 1.54) is 6.92 Å². The van der Waals surface area contributed by atoms with E-state index in [-0.39, 0.29) is 5.92 Å². The van der Waals surface area contributed by atoms with E-state index in [4.69, 9.17) is 5.11 Å². The van der Waals surface area contributed by atoms with E-state index in [9.17, 15) is 24.6 Å². The van der Waals surface area contributed by atoms with Gasteiger partial charge in [0, 0.05) is 5.92 Å². The van der Waals surface area contributed by atoms with Gasteiger partial charge in [0.05, 0.1) is 17.8 Å². The van der Waals surface area contributed by atoms with Gasteiger partial charge in [-0.2, -0.15) is 0 Å². The van der Waals surface area contributed by atoms with E-state index in [2.05, 4.69) is 6.92 Å². The molecule has 23 heavy (non-hydrogen) atoms. The van der Waals surface area contributed by atoms with Gasteiger partial charge in [0.25, 0.3) is 0 Å². The molecule has 1 aliphatic rings. The molecule has 0 aliphatic heterocycles. The van der Waals surface area contributed by atoms with E-state index in [1.54, 1.807) is 12.2 Å². The maximum Gasteiger partial charge on any atom is 0.308 e. The first-order valence-corrected chi connectivity index (χ1v) is 8.18. The van der Waals surface area contributed by atoms with Crippen LogP contribution < -0.4 is 0 Å². The Balaban J connectivity index is 3.01. The summed E-state index contributed by atoms with van der Waals surface area (Å²) in [5.74, 6) is -7.90. The van der Waals surface area contributed by atoms with Crippen LogP contribution in [0.4, 0.5) is 0 Å². The smallest absolute Gasteiger partial charge is 0.308 e. The van der Waals surface area contributed by atoms with Gasteiger partial charge < -0.3 is 15.3 Å². The minimum absolute atomic E-state index is 0.359. The standard InChI is InChI=1S/C17H26O6/c1-3-4-5-6-7-11-8-9-12(10(2)15(18)19)14(17(22)23)13(11)16(20)21/h8-14H,3-7H2,1-2H3,(H,18,19)(H,20,21)(H,22,23). The Morgan fingerprint density at radius 2 is 1.57 bits per heavy atom. The molecule has 1 rings (SSSR count). The van der Waals surface area contributed by atoms with Crippen LogP contribution in [-0.4, -0.2) is 33.2 Å². The zero-order valence-electron chi connectivity index (χ0n) is 13.6. The normalized spacial score (nSPS) is 28.3. The maximum atomic E-state index is 11.7. The highest BCUT2D eigenvalue weighted by Crippen LogP contribution is 2.40. The Labute approximate surface area is 136 Å². The van der Waals surface area contributed by atoms with E-state index < -0.39 is 41.6 Å². The SMILES string of the molecule is CCCCCCC1C=CC(C(C)C(=O)O)C(C(=O)O)C1C(=O)O. The number of carboxylic acid groups (broad SMARTS) is 3. The van der Waals surface area contributed by atoms with Crippen molar-refractivity contribution in [3.8, 4) is 0 Å². The molecule has 5 unspecified atom stereocenters. The van der Waals surface area contributed by atoms with Crippen molar-refractivity contribution in [2.75, 3.05) is 0 Å². The Kier molecular flexibility index (Phi) is 7.26. The lowest BCUT2D eigenvalue weighted by atomic mass is 9.65. The molecule has 0 spiro atoms. The summed E-state index contributed by atoms with van der Waals surface area (Å²) in [7, 11) is 0. The number of aliphatic carboxylic acids is 3. The molecule has 0 saturated heterocycles. The van der Waals surface area contributed by atoms with Gasteiger partial charge in [0.15, 0.2) is 0 Å². The highest BCUT2D eigenvalue weighted by atomic mass is 16.4. The third-order valence-electron chi connectivity index (χ3n) is 4.77. The molecule has 0 aromatic heterocycles. The molecule has 0 bridgehead atoms. The van der Waals surface area contributed by atoms with Crippen LogP contribution in [0.5, 0.6) is 0 Å². The summed E-state index contributed by atoms with van der Waals surface area (Å²) in [6.07, 6.45) is 7.90. The highest BCUT2D eigenvalue weighted by Gasteiger charge is 2.47. The van der Waals surface area contributed by atoms with E-state index >= 15 is 0 Å². The first-order valence-electron chi connectivity index (χ1n) is 8.18. The molecule has 0 heterocycles. The molecule has 6 heteroatoms. The van der Waals surface area contributed by atoms with Crippen molar-refractivity contribution in [3.63, 3.8) is 0 Å². The lowest BCUT2D eigenvalue weighted by molar-refractivity contribution is -0.160. The number of hydrogen-bond acceptors (Lipinski definition) is 3. The van der Waals surface area contributed by atoms with E-state index in [0.29, 0.717) is 6.42 Å². The first-order chi connectivity index (χ1) is 10.8. The van der Waals surface area contributed by atoms with Crippen molar-refractivity contribution in [1.82, 2.24) is 0 Å². The molecular formula is C17H26O6. The zero-order chi connectivity index (χ0) is 17.6. The second kappa shape index (κ2) is 8.70. The molecule has 1 aliphatic carbocycles. The number of allylic oxidation sites excluding steroid dienone is 2. The number of hydrogen-bond donors (Lipinski definition) is 3. The molecule has 5 atom stereocenters. The maximum absolute atomic E-state index is 11.7. The fourth-order valence-corrected chi connectivity index (χ4v) is 3.40. The molecule has 0 saturated carbocycles. The van der Waals surface area contributed by atoms with Gasteiger partial charge in [-0.15, -0.1) is 0 Å². The Morgan fingerprint density at radius 3 is 2.04 bits per heavy atom. The number of carboxylic acids is 3. The summed E-state index contributed by atoms with van der Waals surface area (Å²) < 4.78 is 0. The molecule has 0 aromatic rings. The molecular weight excluding hydrogens is 300 g/mol. The number of unbranched alkanes of at least 4 members (excludes halogenated alkanes) is 3. The lowest BCUT2D eigenvalue weighted by Crippen LogP contribution is -2.44. The van der Waals surface area contributed by atoms with Gasteiger partial charge in [-0.1, -0.05) is 51.7 Å². The van der Waals surface area contributed by atoms with Gasteiger partial charge in [-0.25, -0.2) is 0 Å². The van der Waals surface area contributed by atoms with Crippen molar-refractivity contribution in [2.45, 2.75) is 46.0 Å². The molecule has 0 amide bonds. The molecule has 0 radical (unpaired) electrons. The third-order valence-corrected chi connectivity index (χ3v) is 4.77. The van der Waals surface area contributed by atoms with Gasteiger partial charge in [0.2, 0.25) is 0 Å². The Hall–Kier alpha value is -1.85. The van der Waals surface area contributed by atoms with Gasteiger partial charge in [-0.05, 0) is 12.3 Å². The van der Waals surface area contributed by atoms with E-state index in [0.717, 1.165) is 25.7 Å². The van der Waals surface area contributed by atoms with Crippen molar-refractivity contribution in [2.24, 2.45) is 29.6 Å². The van der Waals surface area contributed by atoms with Crippen LogP contribution in [0.15, 0.2) is 12.2 Å². The predicted octanol–water partition coefficient (Wildman–Crippen LogP) is 2.88. The fraction of sp³-hybridized carbons (Fsp3) is 0.706. The fourth-order valence-electron chi connectivity index (χ4n) is 3.40. The average Bonchev–Trinajstić information content (AvgIpc) is 2.49. The highest BCUT2D eigenvalue weighted by molar-refractivity contribution is 5.82. The number of rotatable bonds is 9. The van der Waals surface area contributed by atoms with Crippen LogP contribution in [0.2, 0.25) is 0 Å². The second-order valence-electron chi connectivity index (χ2n) is 6.33. The summed E-state index contributed by atoms with van der Waals surface area (Å²) in [4.78, 5) is 34.5. The largest absolute Gasteiger partial charge is 0.481 e. The minimum Gasteiger partial charge on any atom is -0.481 e. The first kappa shape index (κ1) is 19.2. The molecule has 6 nitrogen and oxygen atoms in total. The monoisotopic (exact) mass is 326 g/mol. The quantitative estimate of drug-likeness (QED) is 0.444. The predicted molar refractivity (Wildman–Crippen MR) is 83.9 cm³/mol. The molecule has 3 N–H and O–H groups in total. The van der Waals surface area contributed by atoms with Crippen LogP contribution in [0.3, 0.4) is 0 Å². The van der Waals surface area contributed by atoms with Crippen LogP contribution in [-0.2, 0) is 14.4 Å². The third kappa shape index (κ3) is 4.81. The zero-order valence-corrected chi connectivity index (χ0v) is 13.6. The van der Waals surface area contributed by atoms with Crippen LogP contribution in [0.1, 0.15) is 46.0 Å².